The number of carbonyl (C=O) groups excluding carboxylic acids is 1. The lowest BCUT2D eigenvalue weighted by atomic mass is 10.0. The van der Waals surface area contributed by atoms with Crippen molar-refractivity contribution in [1.82, 2.24) is 25.0 Å². The van der Waals surface area contributed by atoms with E-state index in [1.807, 2.05) is 42.2 Å². The first-order chi connectivity index (χ1) is 15.5. The Morgan fingerprint density at radius 2 is 1.75 bits per heavy atom. The van der Waals surface area contributed by atoms with Crippen molar-refractivity contribution in [3.8, 4) is 22.4 Å². The fourth-order valence-corrected chi connectivity index (χ4v) is 4.24. The Kier molecular flexibility index (Phi) is 6.97. The molecule has 0 bridgehead atoms. The SMILES string of the molecule is CC1CN(CCC(=O)NCc2ccc(-c3nn(C)cc3-c3ccncc3)cc2)CC(C)O1. The van der Waals surface area contributed by atoms with Gasteiger partial charge in [-0.2, -0.15) is 5.10 Å². The Morgan fingerprint density at radius 1 is 1.06 bits per heavy atom. The van der Waals surface area contributed by atoms with Gasteiger partial charge in [0.1, 0.15) is 5.69 Å². The Balaban J connectivity index is 1.32. The predicted molar refractivity (Wildman–Crippen MR) is 125 cm³/mol. The summed E-state index contributed by atoms with van der Waals surface area (Å²) < 4.78 is 7.58. The summed E-state index contributed by atoms with van der Waals surface area (Å²) in [4.78, 5) is 18.7. The van der Waals surface area contributed by atoms with E-state index in [0.29, 0.717) is 13.0 Å². The Morgan fingerprint density at radius 3 is 2.44 bits per heavy atom. The second kappa shape index (κ2) is 10.1. The van der Waals surface area contributed by atoms with Crippen LogP contribution >= 0.6 is 0 Å². The van der Waals surface area contributed by atoms with Crippen LogP contribution in [-0.2, 0) is 23.1 Å². The average molecular weight is 434 g/mol. The summed E-state index contributed by atoms with van der Waals surface area (Å²) in [6.07, 6.45) is 6.54. The molecular formula is C25H31N5O2. The number of carbonyl (C=O) groups is 1. The maximum Gasteiger partial charge on any atom is 0.221 e. The molecule has 7 nitrogen and oxygen atoms in total. The smallest absolute Gasteiger partial charge is 0.221 e. The summed E-state index contributed by atoms with van der Waals surface area (Å²) in [5, 5.41) is 7.69. The van der Waals surface area contributed by atoms with Gasteiger partial charge in [-0.25, -0.2) is 0 Å². The van der Waals surface area contributed by atoms with E-state index in [0.717, 1.165) is 47.6 Å². The minimum Gasteiger partial charge on any atom is -0.373 e. The molecule has 0 radical (unpaired) electrons. The molecule has 2 unspecified atom stereocenters. The lowest BCUT2D eigenvalue weighted by Crippen LogP contribution is -2.46. The van der Waals surface area contributed by atoms with Crippen LogP contribution in [0.5, 0.6) is 0 Å². The number of hydrogen-bond acceptors (Lipinski definition) is 5. The van der Waals surface area contributed by atoms with Gasteiger partial charge >= 0.3 is 0 Å². The summed E-state index contributed by atoms with van der Waals surface area (Å²) in [6.45, 7) is 7.21. The molecule has 1 aliphatic heterocycles. The molecule has 32 heavy (non-hydrogen) atoms. The predicted octanol–water partition coefficient (Wildman–Crippen LogP) is 3.26. The zero-order valence-corrected chi connectivity index (χ0v) is 19.0. The minimum atomic E-state index is 0.0746. The first-order valence-electron chi connectivity index (χ1n) is 11.2. The van der Waals surface area contributed by atoms with E-state index in [-0.39, 0.29) is 18.1 Å². The number of rotatable bonds is 7. The second-order valence-electron chi connectivity index (χ2n) is 8.54. The number of morpholine rings is 1. The lowest BCUT2D eigenvalue weighted by molar-refractivity contribution is -0.122. The molecule has 1 N–H and O–H groups in total. The Bertz CT molecular complexity index is 1020. The van der Waals surface area contributed by atoms with Crippen LogP contribution in [0, 0.1) is 0 Å². The average Bonchev–Trinajstić information content (AvgIpc) is 3.18. The number of hydrogen-bond donors (Lipinski definition) is 1. The molecule has 3 aromatic rings. The first kappa shape index (κ1) is 22.2. The van der Waals surface area contributed by atoms with Crippen molar-refractivity contribution in [3.05, 3.63) is 60.6 Å². The first-order valence-corrected chi connectivity index (χ1v) is 11.2. The van der Waals surface area contributed by atoms with E-state index >= 15 is 0 Å². The summed E-state index contributed by atoms with van der Waals surface area (Å²) in [7, 11) is 1.93. The van der Waals surface area contributed by atoms with Crippen LogP contribution in [0.15, 0.2) is 55.0 Å². The monoisotopic (exact) mass is 433 g/mol. The zero-order chi connectivity index (χ0) is 22.5. The highest BCUT2D eigenvalue weighted by Gasteiger charge is 2.22. The van der Waals surface area contributed by atoms with Crippen molar-refractivity contribution in [3.63, 3.8) is 0 Å². The molecule has 2 aromatic heterocycles. The van der Waals surface area contributed by atoms with Crippen molar-refractivity contribution in [2.45, 2.75) is 39.0 Å². The quantitative estimate of drug-likeness (QED) is 0.619. The van der Waals surface area contributed by atoms with Crippen molar-refractivity contribution in [2.24, 2.45) is 7.05 Å². The molecule has 3 heterocycles. The van der Waals surface area contributed by atoms with E-state index in [9.17, 15) is 4.79 Å². The number of aryl methyl sites for hydroxylation is 1. The van der Waals surface area contributed by atoms with Crippen LogP contribution in [0.3, 0.4) is 0 Å². The van der Waals surface area contributed by atoms with Crippen LogP contribution in [0.4, 0.5) is 0 Å². The van der Waals surface area contributed by atoms with Crippen LogP contribution < -0.4 is 5.32 Å². The molecule has 0 saturated carbocycles. The van der Waals surface area contributed by atoms with E-state index in [1.165, 1.54) is 0 Å². The van der Waals surface area contributed by atoms with Gasteiger partial charge in [-0.3, -0.25) is 19.4 Å². The molecule has 1 aliphatic rings. The number of nitrogens with zero attached hydrogens (tertiary/aromatic N) is 4. The van der Waals surface area contributed by atoms with Crippen molar-refractivity contribution < 1.29 is 9.53 Å². The number of amides is 1. The van der Waals surface area contributed by atoms with Gasteiger partial charge in [0.05, 0.1) is 12.2 Å². The van der Waals surface area contributed by atoms with Crippen LogP contribution in [-0.4, -0.2) is 57.4 Å². The third kappa shape index (κ3) is 5.60. The molecule has 1 fully saturated rings. The molecule has 168 valence electrons. The molecular weight excluding hydrogens is 402 g/mol. The topological polar surface area (TPSA) is 72.3 Å². The molecule has 0 spiro atoms. The van der Waals surface area contributed by atoms with Gasteiger partial charge in [-0.15, -0.1) is 0 Å². The number of pyridine rings is 1. The molecule has 1 aromatic carbocycles. The van der Waals surface area contributed by atoms with Gasteiger partial charge < -0.3 is 10.1 Å². The molecule has 0 aliphatic carbocycles. The van der Waals surface area contributed by atoms with E-state index in [4.69, 9.17) is 4.74 Å². The van der Waals surface area contributed by atoms with E-state index in [1.54, 1.807) is 12.4 Å². The molecule has 7 heteroatoms. The maximum atomic E-state index is 12.3. The van der Waals surface area contributed by atoms with Gasteiger partial charge in [0.25, 0.3) is 0 Å². The summed E-state index contributed by atoms with van der Waals surface area (Å²) >= 11 is 0. The van der Waals surface area contributed by atoms with Crippen molar-refractivity contribution in [1.29, 1.82) is 0 Å². The van der Waals surface area contributed by atoms with Gasteiger partial charge in [-0.05, 0) is 37.1 Å². The van der Waals surface area contributed by atoms with E-state index < -0.39 is 0 Å². The Hall–Kier alpha value is -3.03. The highest BCUT2D eigenvalue weighted by atomic mass is 16.5. The number of aromatic nitrogens is 3. The van der Waals surface area contributed by atoms with Crippen LogP contribution in [0.2, 0.25) is 0 Å². The fourth-order valence-electron chi connectivity index (χ4n) is 4.24. The molecule has 2 atom stereocenters. The third-order valence-electron chi connectivity index (χ3n) is 5.69. The molecule has 1 amide bonds. The largest absolute Gasteiger partial charge is 0.373 e. The number of benzene rings is 1. The lowest BCUT2D eigenvalue weighted by Gasteiger charge is -2.35. The van der Waals surface area contributed by atoms with Gasteiger partial charge in [0.2, 0.25) is 5.91 Å². The van der Waals surface area contributed by atoms with Crippen LogP contribution in [0.1, 0.15) is 25.8 Å². The molecule has 4 rings (SSSR count). The summed E-state index contributed by atoms with van der Waals surface area (Å²) in [6, 6.07) is 12.2. The van der Waals surface area contributed by atoms with Gasteiger partial charge in [0, 0.05) is 69.4 Å². The van der Waals surface area contributed by atoms with Crippen molar-refractivity contribution >= 4 is 5.91 Å². The summed E-state index contributed by atoms with van der Waals surface area (Å²) in [5.41, 5.74) is 5.20. The number of nitrogens with one attached hydrogen (secondary N) is 1. The summed E-state index contributed by atoms with van der Waals surface area (Å²) in [5.74, 6) is 0.0746. The van der Waals surface area contributed by atoms with Crippen molar-refractivity contribution in [2.75, 3.05) is 19.6 Å². The standard InChI is InChI=1S/C25H31N5O2/c1-18-15-30(16-19(2)32-18)13-10-24(31)27-14-20-4-6-22(7-5-20)25-23(17-29(3)28-25)21-8-11-26-12-9-21/h4-9,11-12,17-19H,10,13-16H2,1-3H3,(H,27,31). The third-order valence-corrected chi connectivity index (χ3v) is 5.69. The number of ether oxygens (including phenoxy) is 1. The maximum absolute atomic E-state index is 12.3. The highest BCUT2D eigenvalue weighted by Crippen LogP contribution is 2.30. The van der Waals surface area contributed by atoms with E-state index in [2.05, 4.69) is 46.3 Å². The normalized spacial score (nSPS) is 19.1. The Labute approximate surface area is 189 Å². The van der Waals surface area contributed by atoms with Crippen LogP contribution in [0.25, 0.3) is 22.4 Å². The molecule has 1 saturated heterocycles. The fraction of sp³-hybridized carbons (Fsp3) is 0.400. The highest BCUT2D eigenvalue weighted by molar-refractivity contribution is 5.80. The zero-order valence-electron chi connectivity index (χ0n) is 19.0. The van der Waals surface area contributed by atoms with Gasteiger partial charge in [-0.1, -0.05) is 24.3 Å². The minimum absolute atomic E-state index is 0.0746. The second-order valence-corrected chi connectivity index (χ2v) is 8.54. The van der Waals surface area contributed by atoms with Gasteiger partial charge in [0.15, 0.2) is 0 Å².